The minimum atomic E-state index is -0.255. The third kappa shape index (κ3) is 12.0. The lowest BCUT2D eigenvalue weighted by atomic mass is 9.91. The van der Waals surface area contributed by atoms with Gasteiger partial charge in [-0.15, -0.1) is 0 Å². The van der Waals surface area contributed by atoms with E-state index in [9.17, 15) is 9.18 Å². The van der Waals surface area contributed by atoms with Gasteiger partial charge < -0.3 is 30.0 Å². The third-order valence-corrected chi connectivity index (χ3v) is 12.7. The van der Waals surface area contributed by atoms with Crippen LogP contribution in [0.1, 0.15) is 35.1 Å². The van der Waals surface area contributed by atoms with Gasteiger partial charge in [-0.2, -0.15) is 0 Å². The van der Waals surface area contributed by atoms with Gasteiger partial charge in [0.25, 0.3) is 0 Å². The van der Waals surface area contributed by atoms with E-state index < -0.39 is 0 Å². The van der Waals surface area contributed by atoms with E-state index in [1.165, 1.54) is 17.2 Å². The van der Waals surface area contributed by atoms with Crippen LogP contribution in [0.4, 0.5) is 4.39 Å². The largest absolute Gasteiger partial charge is 0.492 e. The summed E-state index contributed by atoms with van der Waals surface area (Å²) in [6.45, 7) is 11.9. The summed E-state index contributed by atoms with van der Waals surface area (Å²) >= 11 is 12.5. The Labute approximate surface area is 380 Å². The molecular formula is C51H57Cl2FN6O3. The number of hydrogen-bond acceptors (Lipinski definition) is 7. The number of carbonyl (C=O) groups excluding carboxylic acids is 1. The van der Waals surface area contributed by atoms with Gasteiger partial charge in [-0.25, -0.2) is 4.39 Å². The fraction of sp³-hybridized carbons (Fsp3) is 0.353. The zero-order valence-corrected chi connectivity index (χ0v) is 37.4. The molecule has 9 nitrogen and oxygen atoms in total. The van der Waals surface area contributed by atoms with Gasteiger partial charge in [0.05, 0.1) is 5.92 Å². The monoisotopic (exact) mass is 890 g/mol. The molecular weight excluding hydrogens is 835 g/mol. The Morgan fingerprint density at radius 2 is 1.62 bits per heavy atom. The predicted molar refractivity (Wildman–Crippen MR) is 252 cm³/mol. The van der Waals surface area contributed by atoms with Crippen molar-refractivity contribution in [3.05, 3.63) is 154 Å². The lowest BCUT2D eigenvalue weighted by Crippen LogP contribution is -2.53. The van der Waals surface area contributed by atoms with Gasteiger partial charge in [0, 0.05) is 110 Å². The Balaban J connectivity index is 0.868. The number of amides is 1. The Hall–Kier alpha value is -4.94. The van der Waals surface area contributed by atoms with Crippen LogP contribution < -0.4 is 25.4 Å². The summed E-state index contributed by atoms with van der Waals surface area (Å²) in [5.41, 5.74) is 7.48. The van der Waals surface area contributed by atoms with Gasteiger partial charge in [0.2, 0.25) is 5.91 Å². The number of carbonyl (C=O) groups is 1. The predicted octanol–water partition coefficient (Wildman–Crippen LogP) is 9.11. The van der Waals surface area contributed by atoms with Crippen LogP contribution in [0.15, 0.2) is 115 Å². The van der Waals surface area contributed by atoms with Crippen LogP contribution in [0, 0.1) is 18.7 Å². The van der Waals surface area contributed by atoms with Crippen molar-refractivity contribution < 1.29 is 18.7 Å². The normalized spacial score (nSPS) is 17.2. The molecule has 3 N–H and O–H groups in total. The van der Waals surface area contributed by atoms with Gasteiger partial charge in [0.15, 0.2) is 0 Å². The summed E-state index contributed by atoms with van der Waals surface area (Å²) in [5.74, 6) is 1.23. The van der Waals surface area contributed by atoms with Crippen LogP contribution in [0.25, 0.3) is 22.0 Å². The molecule has 3 heterocycles. The number of piperidine rings is 1. The van der Waals surface area contributed by atoms with Crippen molar-refractivity contribution in [1.82, 2.24) is 30.3 Å². The molecule has 2 aliphatic heterocycles. The maximum atomic E-state index is 14.7. The molecule has 63 heavy (non-hydrogen) atoms. The first-order valence-electron chi connectivity index (χ1n) is 22.1. The number of nitrogens with one attached hydrogen (secondary N) is 3. The number of rotatable bonds is 18. The van der Waals surface area contributed by atoms with Crippen LogP contribution >= 0.6 is 23.2 Å². The van der Waals surface area contributed by atoms with Crippen LogP contribution in [0.5, 0.6) is 11.5 Å². The molecule has 5 aromatic carbocycles. The van der Waals surface area contributed by atoms with Crippen LogP contribution in [0.3, 0.4) is 0 Å². The molecule has 0 radical (unpaired) electrons. The van der Waals surface area contributed by atoms with E-state index in [0.717, 1.165) is 103 Å². The Morgan fingerprint density at radius 1 is 0.841 bits per heavy atom. The molecule has 2 aliphatic rings. The minimum Gasteiger partial charge on any atom is -0.492 e. The number of halogens is 3. The first-order chi connectivity index (χ1) is 30.8. The first-order valence-corrected chi connectivity index (χ1v) is 22.9. The number of ether oxygens (including phenoxy) is 2. The summed E-state index contributed by atoms with van der Waals surface area (Å²) in [6.07, 6.45) is 3.65. The van der Waals surface area contributed by atoms with E-state index >= 15 is 0 Å². The molecule has 0 saturated carbocycles. The van der Waals surface area contributed by atoms with Crippen LogP contribution in [-0.2, 0) is 31.0 Å². The number of nitrogens with zero attached hydrogens (tertiary/aromatic N) is 3. The van der Waals surface area contributed by atoms with Gasteiger partial charge in [-0.05, 0) is 104 Å². The standard InChI is InChI=1S/C51H57Cl2FN6O3/c1-36-9-11-37(12-10-36)35-63-49-18-15-42(53)29-40(49)31-57-47-32-55-21-19-45(47)51(61)56-20-4-22-60-34-46(38-5-2-7-43(54)30-38)50-39(6-3-8-48(50)60)33-59-25-23-58(24-26-59)27-28-62-44-16-13-41(52)14-17-44/h2-3,5-18,29-30,34,45,47,55,57H,4,19-28,31-33,35H2,1H3,(H,56,61). The second-order valence-corrected chi connectivity index (χ2v) is 17.6. The van der Waals surface area contributed by atoms with E-state index in [2.05, 4.69) is 85.9 Å². The number of piperazine rings is 1. The zero-order chi connectivity index (χ0) is 43.5. The molecule has 1 amide bonds. The van der Waals surface area contributed by atoms with Crippen molar-refractivity contribution in [3.63, 3.8) is 0 Å². The van der Waals surface area contributed by atoms with Gasteiger partial charge in [-0.1, -0.05) is 77.3 Å². The summed E-state index contributed by atoms with van der Waals surface area (Å²) in [7, 11) is 0. The molecule has 0 bridgehead atoms. The topological polar surface area (TPSA) is 83.0 Å². The molecule has 6 aromatic rings. The van der Waals surface area contributed by atoms with E-state index in [1.807, 2.05) is 48.5 Å². The number of aromatic nitrogens is 1. The van der Waals surface area contributed by atoms with E-state index in [4.69, 9.17) is 32.7 Å². The summed E-state index contributed by atoms with van der Waals surface area (Å²) in [4.78, 5) is 18.7. The smallest absolute Gasteiger partial charge is 0.224 e. The Kier molecular flexibility index (Phi) is 15.3. The summed E-state index contributed by atoms with van der Waals surface area (Å²) < 4.78 is 29.1. The van der Waals surface area contributed by atoms with Crippen LogP contribution in [0.2, 0.25) is 10.0 Å². The highest BCUT2D eigenvalue weighted by atomic mass is 35.5. The number of fused-ring (bicyclic) bond motifs is 1. The van der Waals surface area contributed by atoms with Gasteiger partial charge >= 0.3 is 0 Å². The highest BCUT2D eigenvalue weighted by molar-refractivity contribution is 6.30. The first kappa shape index (κ1) is 44.7. The molecule has 2 fully saturated rings. The molecule has 2 atom stereocenters. The molecule has 1 aromatic heterocycles. The average Bonchev–Trinajstić information content (AvgIpc) is 3.68. The van der Waals surface area contributed by atoms with Crippen molar-refractivity contribution in [3.8, 4) is 22.6 Å². The average molecular weight is 892 g/mol. The fourth-order valence-corrected chi connectivity index (χ4v) is 9.07. The fourth-order valence-electron chi connectivity index (χ4n) is 8.75. The molecule has 330 valence electrons. The summed E-state index contributed by atoms with van der Waals surface area (Å²) in [5, 5.41) is 12.9. The summed E-state index contributed by atoms with van der Waals surface area (Å²) in [6, 6.07) is 34.8. The van der Waals surface area contributed by atoms with E-state index in [-0.39, 0.29) is 23.7 Å². The lowest BCUT2D eigenvalue weighted by molar-refractivity contribution is -0.126. The van der Waals surface area contributed by atoms with Gasteiger partial charge in [0.1, 0.15) is 30.5 Å². The van der Waals surface area contributed by atoms with Crippen molar-refractivity contribution >= 4 is 40.0 Å². The third-order valence-electron chi connectivity index (χ3n) is 12.3. The van der Waals surface area contributed by atoms with Crippen LogP contribution in [-0.4, -0.2) is 85.3 Å². The quantitative estimate of drug-likeness (QED) is 0.0744. The minimum absolute atomic E-state index is 0.0552. The highest BCUT2D eigenvalue weighted by Gasteiger charge is 2.31. The molecule has 2 saturated heterocycles. The van der Waals surface area contributed by atoms with Crippen molar-refractivity contribution in [2.24, 2.45) is 5.92 Å². The molecule has 8 rings (SSSR count). The van der Waals surface area contributed by atoms with E-state index in [1.54, 1.807) is 12.1 Å². The Bertz CT molecular complexity index is 2440. The number of benzene rings is 5. The highest BCUT2D eigenvalue weighted by Crippen LogP contribution is 2.35. The molecule has 2 unspecified atom stereocenters. The van der Waals surface area contributed by atoms with E-state index in [0.29, 0.717) is 49.4 Å². The second kappa shape index (κ2) is 21.6. The molecule has 0 aliphatic carbocycles. The number of hydrogen-bond donors (Lipinski definition) is 3. The maximum Gasteiger partial charge on any atom is 0.224 e. The second-order valence-electron chi connectivity index (χ2n) is 16.7. The molecule has 0 spiro atoms. The van der Waals surface area contributed by atoms with Gasteiger partial charge in [-0.3, -0.25) is 14.6 Å². The van der Waals surface area contributed by atoms with Crippen molar-refractivity contribution in [2.75, 3.05) is 59.0 Å². The SMILES string of the molecule is Cc1ccc(COc2ccc(Cl)cc2CNC2CNCCC2C(=O)NCCCn2cc(-c3cccc(F)c3)c3c(CN4CCN(CCOc5ccc(Cl)cc5)CC4)cccc32)cc1. The molecule has 12 heteroatoms. The lowest BCUT2D eigenvalue weighted by Gasteiger charge is -2.34. The number of aryl methyl sites for hydroxylation is 2. The maximum absolute atomic E-state index is 14.7. The zero-order valence-electron chi connectivity index (χ0n) is 35.9. The van der Waals surface area contributed by atoms with Crippen molar-refractivity contribution in [1.29, 1.82) is 0 Å². The Morgan fingerprint density at radius 3 is 2.43 bits per heavy atom. The van der Waals surface area contributed by atoms with Crippen molar-refractivity contribution in [2.45, 2.75) is 52.0 Å².